The number of hydrogen-bond donors (Lipinski definition) is 2. The number of aromatic nitrogens is 2. The Morgan fingerprint density at radius 1 is 1.13 bits per heavy atom. The van der Waals surface area contributed by atoms with Crippen LogP contribution >= 0.6 is 0 Å². The minimum Gasteiger partial charge on any atom is -0.454 e. The van der Waals surface area contributed by atoms with Crippen molar-refractivity contribution in [3.63, 3.8) is 0 Å². The number of benzene rings is 2. The van der Waals surface area contributed by atoms with Crippen molar-refractivity contribution in [2.75, 3.05) is 12.1 Å². The van der Waals surface area contributed by atoms with E-state index in [0.29, 0.717) is 29.4 Å². The van der Waals surface area contributed by atoms with Crippen LogP contribution in [-0.2, 0) is 16.1 Å². The summed E-state index contributed by atoms with van der Waals surface area (Å²) >= 11 is 0. The van der Waals surface area contributed by atoms with Crippen LogP contribution < -0.4 is 20.1 Å². The smallest absolute Gasteiger partial charge is 0.244 e. The van der Waals surface area contributed by atoms with E-state index in [2.05, 4.69) is 15.6 Å². The minimum atomic E-state index is -0.324. The molecule has 30 heavy (non-hydrogen) atoms. The Kier molecular flexibility index (Phi) is 5.56. The molecular formula is C22H24N4O4. The Balaban J connectivity index is 1.56. The van der Waals surface area contributed by atoms with Gasteiger partial charge in [-0.2, -0.15) is 0 Å². The first-order valence-electron chi connectivity index (χ1n) is 9.99. The first-order chi connectivity index (χ1) is 14.5. The zero-order valence-electron chi connectivity index (χ0n) is 17.0. The van der Waals surface area contributed by atoms with Crippen LogP contribution in [0.25, 0.3) is 11.0 Å². The molecule has 0 saturated heterocycles. The number of carbonyl (C=O) groups excluding carboxylic acids is 2. The SMILES string of the molecule is CCCC(=O)NC(C)c1nc2ccccc2n1CC(=O)Nc1ccc2c(c1)OCO2. The fourth-order valence-electron chi connectivity index (χ4n) is 3.51. The summed E-state index contributed by atoms with van der Waals surface area (Å²) in [6, 6.07) is 12.6. The average molecular weight is 408 g/mol. The molecule has 8 nitrogen and oxygen atoms in total. The Hall–Kier alpha value is -3.55. The molecule has 1 aliphatic rings. The van der Waals surface area contributed by atoms with Crippen molar-refractivity contribution in [2.24, 2.45) is 0 Å². The highest BCUT2D eigenvalue weighted by molar-refractivity contribution is 5.92. The van der Waals surface area contributed by atoms with Crippen LogP contribution in [0.15, 0.2) is 42.5 Å². The minimum absolute atomic E-state index is 0.0339. The highest BCUT2D eigenvalue weighted by Crippen LogP contribution is 2.34. The van der Waals surface area contributed by atoms with Gasteiger partial charge in [0.05, 0.1) is 17.1 Å². The number of nitrogens with zero attached hydrogens (tertiary/aromatic N) is 2. The van der Waals surface area contributed by atoms with Gasteiger partial charge >= 0.3 is 0 Å². The van der Waals surface area contributed by atoms with Gasteiger partial charge in [-0.15, -0.1) is 0 Å². The molecule has 1 unspecified atom stereocenters. The van der Waals surface area contributed by atoms with E-state index in [0.717, 1.165) is 17.5 Å². The predicted octanol–water partition coefficient (Wildman–Crippen LogP) is 3.38. The standard InChI is InChI=1S/C22H24N4O4/c1-3-6-20(27)23-14(2)22-25-16-7-4-5-8-17(16)26(22)12-21(28)24-15-9-10-18-19(11-15)30-13-29-18/h4-5,7-11,14H,3,6,12-13H2,1-2H3,(H,23,27)(H,24,28). The van der Waals surface area contributed by atoms with Crippen molar-refractivity contribution in [1.82, 2.24) is 14.9 Å². The molecule has 2 heterocycles. The summed E-state index contributed by atoms with van der Waals surface area (Å²) in [5, 5.41) is 5.86. The summed E-state index contributed by atoms with van der Waals surface area (Å²) in [4.78, 5) is 29.5. The summed E-state index contributed by atoms with van der Waals surface area (Å²) in [7, 11) is 0. The highest BCUT2D eigenvalue weighted by Gasteiger charge is 2.20. The third-order valence-corrected chi connectivity index (χ3v) is 4.88. The molecule has 2 N–H and O–H groups in total. The largest absolute Gasteiger partial charge is 0.454 e. The molecule has 8 heteroatoms. The summed E-state index contributed by atoms with van der Waals surface area (Å²) < 4.78 is 12.5. The third kappa shape index (κ3) is 4.07. The molecule has 1 aromatic heterocycles. The lowest BCUT2D eigenvalue weighted by Crippen LogP contribution is -2.29. The van der Waals surface area contributed by atoms with E-state index in [1.54, 1.807) is 18.2 Å². The van der Waals surface area contributed by atoms with Gasteiger partial charge in [-0.3, -0.25) is 9.59 Å². The number of anilines is 1. The van der Waals surface area contributed by atoms with Crippen molar-refractivity contribution in [3.05, 3.63) is 48.3 Å². The Bertz CT molecular complexity index is 1090. The molecule has 1 atom stereocenters. The molecule has 0 saturated carbocycles. The number of para-hydroxylation sites is 2. The number of fused-ring (bicyclic) bond motifs is 2. The number of ether oxygens (including phenoxy) is 2. The molecule has 1 aliphatic heterocycles. The maximum absolute atomic E-state index is 12.8. The molecule has 0 radical (unpaired) electrons. The van der Waals surface area contributed by atoms with Crippen LogP contribution in [0.3, 0.4) is 0 Å². The van der Waals surface area contributed by atoms with E-state index in [-0.39, 0.29) is 31.2 Å². The van der Waals surface area contributed by atoms with Crippen LogP contribution in [0, 0.1) is 0 Å². The number of rotatable bonds is 7. The summed E-state index contributed by atoms with van der Waals surface area (Å²) in [6.45, 7) is 4.08. The zero-order valence-corrected chi connectivity index (χ0v) is 17.0. The lowest BCUT2D eigenvalue weighted by atomic mass is 10.2. The fraction of sp³-hybridized carbons (Fsp3) is 0.318. The Morgan fingerprint density at radius 3 is 2.77 bits per heavy atom. The summed E-state index contributed by atoms with van der Waals surface area (Å²) in [5.74, 6) is 1.67. The summed E-state index contributed by atoms with van der Waals surface area (Å²) in [6.07, 6.45) is 1.22. The molecule has 0 fully saturated rings. The molecule has 2 amide bonds. The van der Waals surface area contributed by atoms with Crippen molar-refractivity contribution in [3.8, 4) is 11.5 Å². The van der Waals surface area contributed by atoms with Crippen LogP contribution in [0.5, 0.6) is 11.5 Å². The second-order valence-electron chi connectivity index (χ2n) is 7.20. The Morgan fingerprint density at radius 2 is 1.93 bits per heavy atom. The highest BCUT2D eigenvalue weighted by atomic mass is 16.7. The summed E-state index contributed by atoms with van der Waals surface area (Å²) in [5.41, 5.74) is 2.24. The van der Waals surface area contributed by atoms with Gasteiger partial charge in [0.25, 0.3) is 0 Å². The van der Waals surface area contributed by atoms with Crippen LogP contribution in [0.4, 0.5) is 5.69 Å². The lowest BCUT2D eigenvalue weighted by Gasteiger charge is -2.16. The van der Waals surface area contributed by atoms with Gasteiger partial charge in [-0.25, -0.2) is 4.98 Å². The molecule has 156 valence electrons. The van der Waals surface area contributed by atoms with Crippen molar-refractivity contribution < 1.29 is 19.1 Å². The van der Waals surface area contributed by atoms with Crippen LogP contribution in [0.2, 0.25) is 0 Å². The maximum Gasteiger partial charge on any atom is 0.244 e. The first-order valence-corrected chi connectivity index (χ1v) is 9.99. The molecule has 3 aromatic rings. The normalized spacial score (nSPS) is 13.3. The average Bonchev–Trinajstić information content (AvgIpc) is 3.32. The third-order valence-electron chi connectivity index (χ3n) is 4.88. The van der Waals surface area contributed by atoms with Gasteiger partial charge in [0, 0.05) is 18.2 Å². The second kappa shape index (κ2) is 8.44. The lowest BCUT2D eigenvalue weighted by molar-refractivity contribution is -0.121. The van der Waals surface area contributed by atoms with Crippen LogP contribution in [-0.4, -0.2) is 28.2 Å². The molecular weight excluding hydrogens is 384 g/mol. The number of imidazole rings is 1. The Labute approximate surface area is 174 Å². The van der Waals surface area contributed by atoms with E-state index in [1.807, 2.05) is 42.7 Å². The van der Waals surface area contributed by atoms with Crippen molar-refractivity contribution >= 4 is 28.5 Å². The maximum atomic E-state index is 12.8. The van der Waals surface area contributed by atoms with Gasteiger partial charge in [-0.05, 0) is 37.6 Å². The second-order valence-corrected chi connectivity index (χ2v) is 7.20. The number of carbonyl (C=O) groups is 2. The number of hydrogen-bond acceptors (Lipinski definition) is 5. The number of amides is 2. The molecule has 0 aliphatic carbocycles. The van der Waals surface area contributed by atoms with Crippen molar-refractivity contribution in [1.29, 1.82) is 0 Å². The van der Waals surface area contributed by atoms with E-state index in [1.165, 1.54) is 0 Å². The van der Waals surface area contributed by atoms with Gasteiger partial charge in [0.2, 0.25) is 18.6 Å². The zero-order chi connectivity index (χ0) is 21.1. The van der Waals surface area contributed by atoms with E-state index in [9.17, 15) is 9.59 Å². The van der Waals surface area contributed by atoms with Gasteiger partial charge in [0.1, 0.15) is 12.4 Å². The van der Waals surface area contributed by atoms with E-state index >= 15 is 0 Å². The fourth-order valence-corrected chi connectivity index (χ4v) is 3.51. The quantitative estimate of drug-likeness (QED) is 0.625. The first kappa shape index (κ1) is 19.8. The molecule has 4 rings (SSSR count). The molecule has 2 aromatic carbocycles. The van der Waals surface area contributed by atoms with Gasteiger partial charge < -0.3 is 24.7 Å². The number of nitrogens with one attached hydrogen (secondary N) is 2. The van der Waals surface area contributed by atoms with Crippen LogP contribution in [0.1, 0.15) is 38.6 Å². The van der Waals surface area contributed by atoms with Crippen molar-refractivity contribution in [2.45, 2.75) is 39.3 Å². The predicted molar refractivity (Wildman–Crippen MR) is 112 cm³/mol. The molecule has 0 bridgehead atoms. The van der Waals surface area contributed by atoms with Gasteiger partial charge in [0.15, 0.2) is 11.5 Å². The van der Waals surface area contributed by atoms with Gasteiger partial charge in [-0.1, -0.05) is 19.1 Å². The topological polar surface area (TPSA) is 94.5 Å². The monoisotopic (exact) mass is 408 g/mol. The van der Waals surface area contributed by atoms with E-state index < -0.39 is 0 Å². The molecule has 0 spiro atoms. The van der Waals surface area contributed by atoms with E-state index in [4.69, 9.17) is 9.47 Å².